The highest BCUT2D eigenvalue weighted by Crippen LogP contribution is 2.19. The Morgan fingerprint density at radius 3 is 2.65 bits per heavy atom. The normalized spacial score (nSPS) is 9.74. The molecule has 2 aromatic carbocycles. The summed E-state index contributed by atoms with van der Waals surface area (Å²) in [6.07, 6.45) is 0.690. The van der Waals surface area contributed by atoms with E-state index in [-0.39, 0.29) is 6.03 Å². The van der Waals surface area contributed by atoms with E-state index in [1.54, 1.807) is 31.4 Å². The highest BCUT2D eigenvalue weighted by atomic mass is 32.2. The molecule has 0 radical (unpaired) electrons. The van der Waals surface area contributed by atoms with Crippen LogP contribution in [0, 0.1) is 10.7 Å². The molecule has 0 fully saturated rings. The molecule has 0 spiro atoms. The van der Waals surface area contributed by atoms with Gasteiger partial charge in [-0.2, -0.15) is 5.26 Å². The van der Waals surface area contributed by atoms with Crippen molar-refractivity contribution >= 4 is 23.5 Å². The molecule has 23 heavy (non-hydrogen) atoms. The predicted octanol–water partition coefficient (Wildman–Crippen LogP) is 3.63. The summed E-state index contributed by atoms with van der Waals surface area (Å²) in [5.74, 6) is 0.820. The number of carbonyl (C=O) groups is 1. The molecule has 2 rings (SSSR count). The molecular weight excluding hydrogens is 310 g/mol. The zero-order valence-electron chi connectivity index (χ0n) is 12.7. The number of hydrogen-bond acceptors (Lipinski definition) is 4. The van der Waals surface area contributed by atoms with Crippen molar-refractivity contribution < 1.29 is 9.53 Å². The molecule has 0 aliphatic rings. The van der Waals surface area contributed by atoms with Crippen molar-refractivity contribution in [1.82, 2.24) is 5.32 Å². The van der Waals surface area contributed by atoms with Crippen molar-refractivity contribution in [2.45, 2.75) is 11.3 Å². The summed E-state index contributed by atoms with van der Waals surface area (Å²) in [6.45, 7) is 0.509. The zero-order chi connectivity index (χ0) is 16.5. The largest absolute Gasteiger partial charge is 0.496 e. The van der Waals surface area contributed by atoms with Crippen molar-refractivity contribution in [3.63, 3.8) is 0 Å². The number of thioether (sulfide) groups is 1. The molecular formula is C17H17N3O2S. The molecule has 0 atom stereocenters. The second-order valence-electron chi connectivity index (χ2n) is 4.66. The molecule has 0 aliphatic heterocycles. The SMILES string of the molecule is COc1ccccc1CCNC(=O)Nc1ccc(SC#N)cc1. The molecule has 6 heteroatoms. The van der Waals surface area contributed by atoms with Crippen LogP contribution in [-0.4, -0.2) is 19.7 Å². The number of ether oxygens (including phenoxy) is 1. The van der Waals surface area contributed by atoms with E-state index in [0.29, 0.717) is 18.7 Å². The number of nitrogens with one attached hydrogen (secondary N) is 2. The third-order valence-corrected chi connectivity index (χ3v) is 3.75. The van der Waals surface area contributed by atoms with Gasteiger partial charge in [-0.25, -0.2) is 4.79 Å². The van der Waals surface area contributed by atoms with Crippen LogP contribution in [0.2, 0.25) is 0 Å². The Labute approximate surface area is 139 Å². The first-order valence-electron chi connectivity index (χ1n) is 7.05. The summed E-state index contributed by atoms with van der Waals surface area (Å²) in [6, 6.07) is 14.6. The Kier molecular flexibility index (Phi) is 6.33. The standard InChI is InChI=1S/C17H17N3O2S/c1-22-16-5-3-2-4-13(16)10-11-19-17(21)20-14-6-8-15(9-7-14)23-12-18/h2-9H,10-11H2,1H3,(H2,19,20,21). The number of urea groups is 1. The molecule has 0 unspecified atom stereocenters. The van der Waals surface area contributed by atoms with Gasteiger partial charge in [-0.05, 0) is 54.1 Å². The van der Waals surface area contributed by atoms with Gasteiger partial charge < -0.3 is 15.4 Å². The summed E-state index contributed by atoms with van der Waals surface area (Å²) >= 11 is 1.08. The number of rotatable bonds is 6. The monoisotopic (exact) mass is 327 g/mol. The maximum Gasteiger partial charge on any atom is 0.319 e. The van der Waals surface area contributed by atoms with E-state index in [1.807, 2.05) is 29.7 Å². The van der Waals surface area contributed by atoms with Gasteiger partial charge >= 0.3 is 6.03 Å². The highest BCUT2D eigenvalue weighted by molar-refractivity contribution is 8.03. The van der Waals surface area contributed by atoms with E-state index in [4.69, 9.17) is 10.00 Å². The lowest BCUT2D eigenvalue weighted by molar-refractivity contribution is 0.252. The van der Waals surface area contributed by atoms with E-state index < -0.39 is 0 Å². The quantitative estimate of drug-likeness (QED) is 0.627. The molecule has 0 saturated heterocycles. The lowest BCUT2D eigenvalue weighted by atomic mass is 10.1. The topological polar surface area (TPSA) is 74.2 Å². The number of nitrogens with zero attached hydrogens (tertiary/aromatic N) is 1. The average molecular weight is 327 g/mol. The van der Waals surface area contributed by atoms with E-state index >= 15 is 0 Å². The Balaban J connectivity index is 1.80. The first kappa shape index (κ1) is 16.7. The summed E-state index contributed by atoms with van der Waals surface area (Å²) in [5.41, 5.74) is 1.73. The number of hydrogen-bond donors (Lipinski definition) is 2. The van der Waals surface area contributed by atoms with Crippen LogP contribution in [0.4, 0.5) is 10.5 Å². The van der Waals surface area contributed by atoms with Crippen molar-refractivity contribution in [2.75, 3.05) is 19.0 Å². The number of para-hydroxylation sites is 1. The Morgan fingerprint density at radius 1 is 1.22 bits per heavy atom. The van der Waals surface area contributed by atoms with Gasteiger partial charge in [0, 0.05) is 17.1 Å². The van der Waals surface area contributed by atoms with Crippen LogP contribution in [0.1, 0.15) is 5.56 Å². The van der Waals surface area contributed by atoms with Gasteiger partial charge in [-0.3, -0.25) is 0 Å². The lowest BCUT2D eigenvalue weighted by Gasteiger charge is -2.10. The Morgan fingerprint density at radius 2 is 1.96 bits per heavy atom. The van der Waals surface area contributed by atoms with Crippen LogP contribution in [0.5, 0.6) is 5.75 Å². The fraction of sp³-hybridized carbons (Fsp3) is 0.176. The fourth-order valence-electron chi connectivity index (χ4n) is 2.05. The van der Waals surface area contributed by atoms with Crippen molar-refractivity contribution in [3.8, 4) is 11.2 Å². The smallest absolute Gasteiger partial charge is 0.319 e. The van der Waals surface area contributed by atoms with E-state index in [2.05, 4.69) is 10.6 Å². The van der Waals surface area contributed by atoms with Gasteiger partial charge in [-0.15, -0.1) is 0 Å². The molecule has 118 valence electrons. The van der Waals surface area contributed by atoms with E-state index in [9.17, 15) is 4.79 Å². The number of thiocyanates is 1. The van der Waals surface area contributed by atoms with Crippen LogP contribution >= 0.6 is 11.8 Å². The van der Waals surface area contributed by atoms with E-state index in [0.717, 1.165) is 28.0 Å². The Hall–Kier alpha value is -2.65. The number of methoxy groups -OCH3 is 1. The molecule has 0 saturated carbocycles. The van der Waals surface area contributed by atoms with Gasteiger partial charge in [0.05, 0.1) is 7.11 Å². The fourth-order valence-corrected chi connectivity index (χ4v) is 2.43. The summed E-state index contributed by atoms with van der Waals surface area (Å²) in [5, 5.41) is 16.2. The number of benzene rings is 2. The molecule has 0 aromatic heterocycles. The van der Waals surface area contributed by atoms with Gasteiger partial charge in [-0.1, -0.05) is 18.2 Å². The maximum atomic E-state index is 11.9. The third kappa shape index (κ3) is 5.24. The zero-order valence-corrected chi connectivity index (χ0v) is 13.5. The average Bonchev–Trinajstić information content (AvgIpc) is 2.57. The number of amides is 2. The number of nitriles is 1. The van der Waals surface area contributed by atoms with Gasteiger partial charge in [0.15, 0.2) is 0 Å². The first-order valence-corrected chi connectivity index (χ1v) is 7.87. The third-order valence-electron chi connectivity index (χ3n) is 3.15. The number of carbonyl (C=O) groups excluding carboxylic acids is 1. The molecule has 2 amide bonds. The molecule has 2 N–H and O–H groups in total. The van der Waals surface area contributed by atoms with Crippen molar-refractivity contribution in [2.24, 2.45) is 0 Å². The van der Waals surface area contributed by atoms with E-state index in [1.165, 1.54) is 0 Å². The second kappa shape index (κ2) is 8.71. The number of anilines is 1. The van der Waals surface area contributed by atoms with Gasteiger partial charge in [0.25, 0.3) is 0 Å². The first-order chi connectivity index (χ1) is 11.2. The van der Waals surface area contributed by atoms with Crippen LogP contribution in [0.3, 0.4) is 0 Å². The predicted molar refractivity (Wildman–Crippen MR) is 91.6 cm³/mol. The molecule has 0 aliphatic carbocycles. The summed E-state index contributed by atoms with van der Waals surface area (Å²) in [4.78, 5) is 12.7. The minimum atomic E-state index is -0.263. The highest BCUT2D eigenvalue weighted by Gasteiger charge is 2.04. The van der Waals surface area contributed by atoms with Crippen LogP contribution in [0.15, 0.2) is 53.4 Å². The second-order valence-corrected chi connectivity index (χ2v) is 5.52. The Bertz CT molecular complexity index is 696. The molecule has 5 nitrogen and oxygen atoms in total. The van der Waals surface area contributed by atoms with Crippen molar-refractivity contribution in [3.05, 3.63) is 54.1 Å². The molecule has 2 aromatic rings. The molecule has 0 bridgehead atoms. The van der Waals surface area contributed by atoms with Crippen LogP contribution in [0.25, 0.3) is 0 Å². The summed E-state index contributed by atoms with van der Waals surface area (Å²) in [7, 11) is 1.63. The van der Waals surface area contributed by atoms with Crippen LogP contribution < -0.4 is 15.4 Å². The maximum absolute atomic E-state index is 11.9. The van der Waals surface area contributed by atoms with Gasteiger partial charge in [0.2, 0.25) is 0 Å². The van der Waals surface area contributed by atoms with Gasteiger partial charge in [0.1, 0.15) is 11.2 Å². The molecule has 0 heterocycles. The lowest BCUT2D eigenvalue weighted by Crippen LogP contribution is -2.30. The van der Waals surface area contributed by atoms with Crippen LogP contribution in [-0.2, 0) is 6.42 Å². The minimum absolute atomic E-state index is 0.263. The minimum Gasteiger partial charge on any atom is -0.496 e. The summed E-state index contributed by atoms with van der Waals surface area (Å²) < 4.78 is 5.28. The van der Waals surface area contributed by atoms with Crippen molar-refractivity contribution in [1.29, 1.82) is 5.26 Å².